The Kier molecular flexibility index (Phi) is 4.30. The monoisotopic (exact) mass is 248 g/mol. The zero-order valence-corrected chi connectivity index (χ0v) is 10.7. The summed E-state index contributed by atoms with van der Waals surface area (Å²) in [6.45, 7) is 2.29. The van der Waals surface area contributed by atoms with Crippen LogP contribution in [0.5, 0.6) is 0 Å². The Hall–Kier alpha value is -1.43. The van der Waals surface area contributed by atoms with Gasteiger partial charge in [-0.2, -0.15) is 0 Å². The van der Waals surface area contributed by atoms with Crippen LogP contribution in [0.2, 0.25) is 0 Å². The van der Waals surface area contributed by atoms with Gasteiger partial charge in [0, 0.05) is 25.7 Å². The van der Waals surface area contributed by atoms with Crippen molar-refractivity contribution in [1.82, 2.24) is 9.88 Å². The number of nitrogens with zero attached hydrogens (tertiary/aromatic N) is 2. The highest BCUT2D eigenvalue weighted by atomic mass is 16.3. The molecule has 5 heteroatoms. The van der Waals surface area contributed by atoms with Gasteiger partial charge in [-0.25, -0.2) is 4.98 Å². The third kappa shape index (κ3) is 3.29. The summed E-state index contributed by atoms with van der Waals surface area (Å²) in [5, 5.41) is 0. The number of benzene rings is 1. The second-order valence-corrected chi connectivity index (χ2v) is 4.66. The average molecular weight is 248 g/mol. The van der Waals surface area contributed by atoms with Gasteiger partial charge in [0.15, 0.2) is 12.0 Å². The summed E-state index contributed by atoms with van der Waals surface area (Å²) in [5.41, 5.74) is 14.3. The fourth-order valence-corrected chi connectivity index (χ4v) is 1.94. The average Bonchev–Trinajstić information content (AvgIpc) is 2.83. The van der Waals surface area contributed by atoms with E-state index in [-0.39, 0.29) is 6.04 Å². The molecular weight excluding hydrogens is 228 g/mol. The number of rotatable bonds is 6. The molecule has 0 aliphatic carbocycles. The molecule has 1 aromatic heterocycles. The van der Waals surface area contributed by atoms with Crippen molar-refractivity contribution in [2.75, 3.05) is 26.7 Å². The first-order valence-corrected chi connectivity index (χ1v) is 6.15. The zero-order chi connectivity index (χ0) is 13.0. The summed E-state index contributed by atoms with van der Waals surface area (Å²) in [6.07, 6.45) is 2.44. The van der Waals surface area contributed by atoms with E-state index in [1.54, 1.807) is 0 Å². The van der Waals surface area contributed by atoms with E-state index in [2.05, 4.69) is 23.0 Å². The predicted octanol–water partition coefficient (Wildman–Crippen LogP) is 0.588. The lowest BCUT2D eigenvalue weighted by atomic mass is 10.1. The molecule has 0 saturated carbocycles. The van der Waals surface area contributed by atoms with Crippen LogP contribution in [0.15, 0.2) is 29.0 Å². The van der Waals surface area contributed by atoms with Crippen LogP contribution in [0.3, 0.4) is 0 Å². The van der Waals surface area contributed by atoms with Crippen LogP contribution in [-0.4, -0.2) is 42.6 Å². The summed E-state index contributed by atoms with van der Waals surface area (Å²) >= 11 is 0. The van der Waals surface area contributed by atoms with Gasteiger partial charge in [0.25, 0.3) is 0 Å². The molecule has 0 aliphatic rings. The number of fused-ring (bicyclic) bond motifs is 1. The lowest BCUT2D eigenvalue weighted by Crippen LogP contribution is -2.41. The Bertz CT molecular complexity index is 496. The highest BCUT2D eigenvalue weighted by Crippen LogP contribution is 2.14. The number of likely N-dealkylation sites (N-methyl/N-ethyl adjacent to an activating group) is 1. The fourth-order valence-electron chi connectivity index (χ4n) is 1.94. The number of hydrogen-bond donors (Lipinski definition) is 2. The maximum atomic E-state index is 5.81. The topological polar surface area (TPSA) is 81.3 Å². The molecule has 18 heavy (non-hydrogen) atoms. The van der Waals surface area contributed by atoms with Crippen molar-refractivity contribution >= 4 is 11.1 Å². The van der Waals surface area contributed by atoms with E-state index in [4.69, 9.17) is 15.9 Å². The van der Waals surface area contributed by atoms with E-state index in [9.17, 15) is 0 Å². The molecule has 1 atom stereocenters. The summed E-state index contributed by atoms with van der Waals surface area (Å²) < 4.78 is 5.29. The smallest absolute Gasteiger partial charge is 0.181 e. The maximum absolute atomic E-state index is 5.81. The van der Waals surface area contributed by atoms with Crippen molar-refractivity contribution in [2.45, 2.75) is 12.5 Å². The van der Waals surface area contributed by atoms with Crippen LogP contribution < -0.4 is 11.5 Å². The lowest BCUT2D eigenvalue weighted by molar-refractivity contribution is 0.316. The van der Waals surface area contributed by atoms with Gasteiger partial charge in [0.2, 0.25) is 0 Å². The number of aromatic nitrogens is 1. The standard InChI is InChI=1S/C13H20N4O/c1-17(8-11(15)7-14)5-4-10-2-3-12-13(6-10)18-9-16-12/h2-3,6,9,11H,4-5,7-8,14-15H2,1H3. The minimum Gasteiger partial charge on any atom is -0.443 e. The van der Waals surface area contributed by atoms with Crippen LogP contribution in [0.4, 0.5) is 0 Å². The molecule has 1 aromatic carbocycles. The fraction of sp³-hybridized carbons (Fsp3) is 0.462. The quantitative estimate of drug-likeness (QED) is 0.782. The molecule has 0 amide bonds. The molecule has 0 radical (unpaired) electrons. The summed E-state index contributed by atoms with van der Waals surface area (Å²) in [6, 6.07) is 6.16. The molecule has 1 unspecified atom stereocenters. The third-order valence-corrected chi connectivity index (χ3v) is 3.03. The molecule has 0 spiro atoms. The molecular formula is C13H20N4O. The summed E-state index contributed by atoms with van der Waals surface area (Å²) in [5.74, 6) is 0. The highest BCUT2D eigenvalue weighted by molar-refractivity contribution is 5.72. The molecule has 0 saturated heterocycles. The Balaban J connectivity index is 1.89. The number of hydrogen-bond acceptors (Lipinski definition) is 5. The van der Waals surface area contributed by atoms with E-state index in [1.807, 2.05) is 12.1 Å². The van der Waals surface area contributed by atoms with Crippen LogP contribution in [-0.2, 0) is 6.42 Å². The number of oxazole rings is 1. The molecule has 0 fully saturated rings. The van der Waals surface area contributed by atoms with Crippen molar-refractivity contribution in [3.8, 4) is 0 Å². The van der Waals surface area contributed by atoms with Gasteiger partial charge < -0.3 is 20.8 Å². The largest absolute Gasteiger partial charge is 0.443 e. The summed E-state index contributed by atoms with van der Waals surface area (Å²) in [7, 11) is 2.06. The molecule has 5 nitrogen and oxygen atoms in total. The van der Waals surface area contributed by atoms with Gasteiger partial charge in [0.05, 0.1) is 0 Å². The Morgan fingerprint density at radius 2 is 2.28 bits per heavy atom. The molecule has 2 aromatic rings. The minimum absolute atomic E-state index is 0.0479. The van der Waals surface area contributed by atoms with Crippen LogP contribution in [0.1, 0.15) is 5.56 Å². The number of nitrogens with two attached hydrogens (primary N) is 2. The predicted molar refractivity (Wildman–Crippen MR) is 72.2 cm³/mol. The molecule has 0 bridgehead atoms. The van der Waals surface area contributed by atoms with Gasteiger partial charge in [-0.15, -0.1) is 0 Å². The van der Waals surface area contributed by atoms with Crippen molar-refractivity contribution in [3.63, 3.8) is 0 Å². The van der Waals surface area contributed by atoms with E-state index >= 15 is 0 Å². The molecule has 0 aliphatic heterocycles. The van der Waals surface area contributed by atoms with E-state index in [0.29, 0.717) is 6.54 Å². The normalized spacial score (nSPS) is 13.3. The maximum Gasteiger partial charge on any atom is 0.181 e. The van der Waals surface area contributed by atoms with Gasteiger partial charge in [-0.1, -0.05) is 6.07 Å². The zero-order valence-electron chi connectivity index (χ0n) is 10.7. The second-order valence-electron chi connectivity index (χ2n) is 4.66. The van der Waals surface area contributed by atoms with E-state index in [1.165, 1.54) is 12.0 Å². The molecule has 98 valence electrons. The highest BCUT2D eigenvalue weighted by Gasteiger charge is 2.06. The van der Waals surface area contributed by atoms with Crippen molar-refractivity contribution in [2.24, 2.45) is 11.5 Å². The van der Waals surface area contributed by atoms with E-state index < -0.39 is 0 Å². The first kappa shape index (κ1) is 13.0. The van der Waals surface area contributed by atoms with Gasteiger partial charge >= 0.3 is 0 Å². The Labute approximate surface area is 107 Å². The van der Waals surface area contributed by atoms with E-state index in [0.717, 1.165) is 30.6 Å². The Morgan fingerprint density at radius 3 is 3.06 bits per heavy atom. The van der Waals surface area contributed by atoms with Crippen LogP contribution in [0, 0.1) is 0 Å². The van der Waals surface area contributed by atoms with Crippen molar-refractivity contribution in [1.29, 1.82) is 0 Å². The van der Waals surface area contributed by atoms with Crippen LogP contribution in [0.25, 0.3) is 11.1 Å². The van der Waals surface area contributed by atoms with Crippen LogP contribution >= 0.6 is 0 Å². The lowest BCUT2D eigenvalue weighted by Gasteiger charge is -2.20. The first-order valence-electron chi connectivity index (χ1n) is 6.15. The van der Waals surface area contributed by atoms with Gasteiger partial charge in [-0.05, 0) is 31.2 Å². The summed E-state index contributed by atoms with van der Waals surface area (Å²) in [4.78, 5) is 6.29. The first-order chi connectivity index (χ1) is 8.69. The molecule has 2 rings (SSSR count). The SMILES string of the molecule is CN(CCc1ccc2ncoc2c1)CC(N)CN. The second kappa shape index (κ2) is 5.95. The third-order valence-electron chi connectivity index (χ3n) is 3.03. The van der Waals surface area contributed by atoms with Gasteiger partial charge in [-0.3, -0.25) is 0 Å². The van der Waals surface area contributed by atoms with Crippen molar-refractivity contribution < 1.29 is 4.42 Å². The van der Waals surface area contributed by atoms with Gasteiger partial charge in [0.1, 0.15) is 5.52 Å². The van der Waals surface area contributed by atoms with Crippen molar-refractivity contribution in [3.05, 3.63) is 30.2 Å². The minimum atomic E-state index is 0.0479. The Morgan fingerprint density at radius 1 is 1.44 bits per heavy atom. The molecule has 4 N–H and O–H groups in total. The molecule has 1 heterocycles.